The second kappa shape index (κ2) is 3.79. The van der Waals surface area contributed by atoms with Crippen LogP contribution in [0.3, 0.4) is 0 Å². The van der Waals surface area contributed by atoms with Crippen LogP contribution in [0.2, 0.25) is 0 Å². The molecule has 1 aliphatic rings. The summed E-state index contributed by atoms with van der Waals surface area (Å²) in [5.41, 5.74) is 0.852. The molecular weight excluding hydrogens is 182 g/mol. The molecule has 1 amide bonds. The van der Waals surface area contributed by atoms with Gasteiger partial charge in [-0.2, -0.15) is 0 Å². The van der Waals surface area contributed by atoms with Crippen molar-refractivity contribution in [2.75, 3.05) is 13.1 Å². The van der Waals surface area contributed by atoms with Gasteiger partial charge in [0.15, 0.2) is 0 Å². The van der Waals surface area contributed by atoms with Crippen LogP contribution in [0.25, 0.3) is 0 Å². The number of hydrogen-bond donors (Lipinski definition) is 2. The third kappa shape index (κ3) is 1.93. The van der Waals surface area contributed by atoms with Crippen LogP contribution < -0.4 is 10.6 Å². The smallest absolute Gasteiger partial charge is 0.221 e. The molecule has 1 aliphatic heterocycles. The predicted octanol–water partition coefficient (Wildman–Crippen LogP) is 0.134. The van der Waals surface area contributed by atoms with Crippen LogP contribution in [0.1, 0.15) is 23.9 Å². The highest BCUT2D eigenvalue weighted by Gasteiger charge is 2.19. The van der Waals surface area contributed by atoms with E-state index in [1.165, 1.54) is 0 Å². The van der Waals surface area contributed by atoms with Gasteiger partial charge in [0, 0.05) is 25.6 Å². The van der Waals surface area contributed by atoms with E-state index >= 15 is 0 Å². The van der Waals surface area contributed by atoms with E-state index in [4.69, 9.17) is 4.52 Å². The van der Waals surface area contributed by atoms with Crippen LogP contribution >= 0.6 is 0 Å². The zero-order chi connectivity index (χ0) is 9.97. The Balaban J connectivity index is 2.07. The van der Waals surface area contributed by atoms with Gasteiger partial charge in [-0.05, 0) is 6.92 Å². The van der Waals surface area contributed by atoms with E-state index in [2.05, 4.69) is 15.8 Å². The molecule has 1 aromatic rings. The molecule has 2 N–H and O–H groups in total. The highest BCUT2D eigenvalue weighted by molar-refractivity contribution is 5.76. The molecule has 14 heavy (non-hydrogen) atoms. The zero-order valence-electron chi connectivity index (χ0n) is 8.04. The molecule has 0 spiro atoms. The topological polar surface area (TPSA) is 67.2 Å². The van der Waals surface area contributed by atoms with Crippen LogP contribution in [-0.4, -0.2) is 24.2 Å². The van der Waals surface area contributed by atoms with E-state index in [-0.39, 0.29) is 11.9 Å². The van der Waals surface area contributed by atoms with Crippen molar-refractivity contribution >= 4 is 5.91 Å². The largest absolute Gasteiger partial charge is 0.361 e. The average molecular weight is 195 g/mol. The Hall–Kier alpha value is -1.36. The molecule has 5 heteroatoms. The molecule has 1 aromatic heterocycles. The lowest BCUT2D eigenvalue weighted by atomic mass is 10.2. The summed E-state index contributed by atoms with van der Waals surface area (Å²) in [5.74, 6) is 0.873. The molecule has 1 unspecified atom stereocenters. The van der Waals surface area contributed by atoms with Gasteiger partial charge in [-0.3, -0.25) is 4.79 Å². The van der Waals surface area contributed by atoms with Crippen molar-refractivity contribution in [3.05, 3.63) is 17.5 Å². The van der Waals surface area contributed by atoms with Crippen LogP contribution in [0.5, 0.6) is 0 Å². The van der Waals surface area contributed by atoms with Gasteiger partial charge in [0.1, 0.15) is 11.5 Å². The van der Waals surface area contributed by atoms with Gasteiger partial charge in [-0.1, -0.05) is 5.16 Å². The number of nitrogens with zero attached hydrogens (tertiary/aromatic N) is 1. The fraction of sp³-hybridized carbons (Fsp3) is 0.556. The van der Waals surface area contributed by atoms with Gasteiger partial charge in [-0.25, -0.2) is 0 Å². The summed E-state index contributed by atoms with van der Waals surface area (Å²) in [6.07, 6.45) is 0.521. The molecule has 0 aromatic carbocycles. The van der Waals surface area contributed by atoms with Crippen LogP contribution in [0, 0.1) is 6.92 Å². The number of nitrogens with one attached hydrogen (secondary N) is 2. The highest BCUT2D eigenvalue weighted by atomic mass is 16.5. The lowest BCUT2D eigenvalue weighted by molar-refractivity contribution is -0.120. The lowest BCUT2D eigenvalue weighted by Gasteiger charge is -2.11. The summed E-state index contributed by atoms with van der Waals surface area (Å²) in [4.78, 5) is 11.1. The van der Waals surface area contributed by atoms with Gasteiger partial charge < -0.3 is 15.2 Å². The van der Waals surface area contributed by atoms with Gasteiger partial charge in [-0.15, -0.1) is 0 Å². The quantitative estimate of drug-likeness (QED) is 0.668. The van der Waals surface area contributed by atoms with Gasteiger partial charge in [0.25, 0.3) is 0 Å². The second-order valence-electron chi connectivity index (χ2n) is 3.42. The van der Waals surface area contributed by atoms with Crippen molar-refractivity contribution in [2.24, 2.45) is 0 Å². The standard InChI is InChI=1S/C9H13N3O2/c1-6-4-7(12-14-6)8-5-11-9(13)2-3-10-8/h4,8,10H,2-3,5H2,1H3,(H,11,13). The fourth-order valence-corrected chi connectivity index (χ4v) is 1.50. The normalized spacial score (nSPS) is 22.9. The Morgan fingerprint density at radius 2 is 2.50 bits per heavy atom. The number of amides is 1. The highest BCUT2D eigenvalue weighted by Crippen LogP contribution is 2.13. The fourth-order valence-electron chi connectivity index (χ4n) is 1.50. The first-order chi connectivity index (χ1) is 6.75. The Bertz CT molecular complexity index is 335. The van der Waals surface area contributed by atoms with Gasteiger partial charge >= 0.3 is 0 Å². The maximum absolute atomic E-state index is 11.1. The summed E-state index contributed by atoms with van der Waals surface area (Å²) >= 11 is 0. The van der Waals surface area contributed by atoms with Crippen molar-refractivity contribution in [1.82, 2.24) is 15.8 Å². The summed E-state index contributed by atoms with van der Waals surface area (Å²) < 4.78 is 4.98. The van der Waals surface area contributed by atoms with Crippen molar-refractivity contribution < 1.29 is 9.32 Å². The number of aryl methyl sites for hydroxylation is 1. The van der Waals surface area contributed by atoms with Gasteiger partial charge in [0.2, 0.25) is 5.91 Å². The first-order valence-corrected chi connectivity index (χ1v) is 4.69. The van der Waals surface area contributed by atoms with E-state index in [1.54, 1.807) is 0 Å². The third-order valence-corrected chi connectivity index (χ3v) is 2.25. The molecule has 0 aliphatic carbocycles. The van der Waals surface area contributed by atoms with Crippen molar-refractivity contribution in [3.63, 3.8) is 0 Å². The summed E-state index contributed by atoms with van der Waals surface area (Å²) in [6, 6.07) is 1.95. The molecular formula is C9H13N3O2. The van der Waals surface area contributed by atoms with Crippen LogP contribution in [0.4, 0.5) is 0 Å². The Morgan fingerprint density at radius 1 is 1.64 bits per heavy atom. The van der Waals surface area contributed by atoms with E-state index in [0.29, 0.717) is 19.5 Å². The maximum Gasteiger partial charge on any atom is 0.221 e. The predicted molar refractivity (Wildman–Crippen MR) is 49.6 cm³/mol. The number of aromatic nitrogens is 1. The first-order valence-electron chi connectivity index (χ1n) is 4.69. The monoisotopic (exact) mass is 195 g/mol. The second-order valence-corrected chi connectivity index (χ2v) is 3.42. The van der Waals surface area contributed by atoms with Gasteiger partial charge in [0.05, 0.1) is 6.04 Å². The molecule has 0 bridgehead atoms. The lowest BCUT2D eigenvalue weighted by Crippen LogP contribution is -2.29. The van der Waals surface area contributed by atoms with Crippen molar-refractivity contribution in [1.29, 1.82) is 0 Å². The molecule has 1 atom stereocenters. The molecule has 1 fully saturated rings. The zero-order valence-corrected chi connectivity index (χ0v) is 8.04. The van der Waals surface area contributed by atoms with E-state index < -0.39 is 0 Å². The average Bonchev–Trinajstić information content (AvgIpc) is 2.46. The minimum absolute atomic E-state index is 0.0684. The number of carbonyl (C=O) groups is 1. The van der Waals surface area contributed by atoms with E-state index in [1.807, 2.05) is 13.0 Å². The number of hydrogen-bond acceptors (Lipinski definition) is 4. The molecule has 1 saturated heterocycles. The Labute approximate surface area is 81.8 Å². The SMILES string of the molecule is Cc1cc(C2CNC(=O)CCN2)no1. The van der Waals surface area contributed by atoms with Crippen LogP contribution in [0.15, 0.2) is 10.6 Å². The van der Waals surface area contributed by atoms with E-state index in [9.17, 15) is 4.79 Å². The molecule has 5 nitrogen and oxygen atoms in total. The van der Waals surface area contributed by atoms with E-state index in [0.717, 1.165) is 11.5 Å². The minimum atomic E-state index is 0.0684. The Morgan fingerprint density at radius 3 is 3.21 bits per heavy atom. The van der Waals surface area contributed by atoms with Crippen LogP contribution in [-0.2, 0) is 4.79 Å². The summed E-state index contributed by atoms with van der Waals surface area (Å²) in [6.45, 7) is 3.11. The van der Waals surface area contributed by atoms with Crippen molar-refractivity contribution in [3.8, 4) is 0 Å². The molecule has 2 heterocycles. The first kappa shape index (κ1) is 9.21. The molecule has 76 valence electrons. The minimum Gasteiger partial charge on any atom is -0.361 e. The molecule has 2 rings (SSSR count). The number of rotatable bonds is 1. The Kier molecular flexibility index (Phi) is 2.49. The van der Waals surface area contributed by atoms with Crippen molar-refractivity contribution in [2.45, 2.75) is 19.4 Å². The number of carbonyl (C=O) groups excluding carboxylic acids is 1. The third-order valence-electron chi connectivity index (χ3n) is 2.25. The molecule has 0 saturated carbocycles. The molecule has 0 radical (unpaired) electrons. The maximum atomic E-state index is 11.1. The summed E-state index contributed by atoms with van der Waals surface area (Å²) in [7, 11) is 0. The summed E-state index contributed by atoms with van der Waals surface area (Å²) in [5, 5.41) is 9.97.